The second kappa shape index (κ2) is 8.40. The van der Waals surface area contributed by atoms with Crippen molar-refractivity contribution in [1.82, 2.24) is 9.55 Å². The van der Waals surface area contributed by atoms with Crippen molar-refractivity contribution in [3.05, 3.63) is 42.5 Å². The highest BCUT2D eigenvalue weighted by Gasteiger charge is 2.58. The maximum Gasteiger partial charge on any atom is 0.425 e. The Morgan fingerprint density at radius 3 is 2.32 bits per heavy atom. The van der Waals surface area contributed by atoms with Gasteiger partial charge in [-0.25, -0.2) is 4.98 Å². The van der Waals surface area contributed by atoms with Crippen LogP contribution in [-0.4, -0.2) is 46.4 Å². The van der Waals surface area contributed by atoms with Gasteiger partial charge in [0.2, 0.25) is 17.4 Å². The molecule has 2 rings (SSSR count). The Morgan fingerprint density at radius 2 is 1.82 bits per heavy atom. The summed E-state index contributed by atoms with van der Waals surface area (Å²) in [7, 11) is 2.63. The largest absolute Gasteiger partial charge is 0.425 e. The van der Waals surface area contributed by atoms with E-state index in [9.17, 15) is 27.9 Å². The average Bonchev–Trinajstić information content (AvgIpc) is 3.00. The van der Waals surface area contributed by atoms with E-state index in [0.29, 0.717) is 5.69 Å². The number of nitrogens with one attached hydrogen (secondary N) is 2. The monoisotopic (exact) mass is 400 g/mol. The number of nitrogens with zero attached hydrogens (tertiary/aromatic N) is 2. The van der Waals surface area contributed by atoms with Crippen LogP contribution in [0.1, 0.15) is 12.2 Å². The number of aryl methyl sites for hydroxylation is 1. The number of benzene rings is 1. The van der Waals surface area contributed by atoms with Gasteiger partial charge in [0.25, 0.3) is 0 Å². The van der Waals surface area contributed by atoms with Crippen LogP contribution in [0.3, 0.4) is 0 Å². The zero-order chi connectivity index (χ0) is 20.9. The molecule has 1 aromatic heterocycles. The van der Waals surface area contributed by atoms with Crippen LogP contribution < -0.4 is 10.6 Å². The predicted molar refractivity (Wildman–Crippen MR) is 93.4 cm³/mol. The van der Waals surface area contributed by atoms with Gasteiger partial charge in [0.05, 0.1) is 6.42 Å². The van der Waals surface area contributed by atoms with Gasteiger partial charge in [0, 0.05) is 37.9 Å². The number of carbonyl (C=O) groups is 2. The van der Waals surface area contributed by atoms with Crippen LogP contribution in [0.25, 0.3) is 0 Å². The molecule has 0 radical (unpaired) electrons. The van der Waals surface area contributed by atoms with Crippen molar-refractivity contribution < 1.29 is 32.6 Å². The van der Waals surface area contributed by atoms with Crippen molar-refractivity contribution in [1.29, 1.82) is 0 Å². The van der Waals surface area contributed by atoms with Gasteiger partial charge < -0.3 is 25.0 Å². The molecular formula is C17H19F3N4O4. The molecule has 2 aromatic rings. The molecule has 0 spiro atoms. The Hall–Kier alpha value is -2.92. The molecule has 3 N–H and O–H groups in total. The number of amides is 2. The van der Waals surface area contributed by atoms with Crippen molar-refractivity contribution in [3.63, 3.8) is 0 Å². The van der Waals surface area contributed by atoms with Gasteiger partial charge in [-0.05, 0) is 18.2 Å². The first-order valence-electron chi connectivity index (χ1n) is 8.02. The molecule has 1 heterocycles. The van der Waals surface area contributed by atoms with Gasteiger partial charge >= 0.3 is 6.18 Å². The summed E-state index contributed by atoms with van der Waals surface area (Å²) < 4.78 is 46.1. The topological polar surface area (TPSA) is 105 Å². The van der Waals surface area contributed by atoms with Crippen molar-refractivity contribution in [2.75, 3.05) is 24.4 Å². The minimum absolute atomic E-state index is 0.143. The summed E-state index contributed by atoms with van der Waals surface area (Å²) in [6, 6.07) is 5.81. The number of rotatable bonds is 7. The van der Waals surface area contributed by atoms with Crippen LogP contribution in [0.4, 0.5) is 24.5 Å². The number of carbonyl (C=O) groups excluding carboxylic acids is 2. The Kier molecular flexibility index (Phi) is 6.41. The zero-order valence-corrected chi connectivity index (χ0v) is 15.1. The van der Waals surface area contributed by atoms with E-state index in [1.54, 1.807) is 0 Å². The van der Waals surface area contributed by atoms with Crippen LogP contribution in [-0.2, 0) is 27.0 Å². The SMILES string of the molecule is COCC(=O)Nc1cccc(NC(=O)CC(O)(c2nccn2C)C(F)(F)F)c1. The Bertz CT molecular complexity index is 853. The third-order valence-electron chi connectivity index (χ3n) is 3.78. The lowest BCUT2D eigenvalue weighted by Gasteiger charge is -2.29. The van der Waals surface area contributed by atoms with E-state index in [4.69, 9.17) is 0 Å². The van der Waals surface area contributed by atoms with Gasteiger partial charge in [-0.1, -0.05) is 6.07 Å². The fraction of sp³-hybridized carbons (Fsp3) is 0.353. The molecule has 28 heavy (non-hydrogen) atoms. The summed E-state index contributed by atoms with van der Waals surface area (Å²) in [4.78, 5) is 27.3. The van der Waals surface area contributed by atoms with Crippen molar-refractivity contribution in [2.45, 2.75) is 18.2 Å². The number of halogens is 3. The van der Waals surface area contributed by atoms with Gasteiger partial charge in [0.1, 0.15) is 6.61 Å². The second-order valence-electron chi connectivity index (χ2n) is 6.01. The number of alkyl halides is 3. The van der Waals surface area contributed by atoms with Crippen LogP contribution in [0.5, 0.6) is 0 Å². The fourth-order valence-corrected chi connectivity index (χ4v) is 2.51. The highest BCUT2D eigenvalue weighted by molar-refractivity contribution is 5.94. The number of hydrogen-bond donors (Lipinski definition) is 3. The molecule has 0 aliphatic carbocycles. The molecule has 8 nitrogen and oxygen atoms in total. The van der Waals surface area contributed by atoms with E-state index in [0.717, 1.165) is 10.8 Å². The van der Waals surface area contributed by atoms with Crippen molar-refractivity contribution >= 4 is 23.2 Å². The van der Waals surface area contributed by atoms with Gasteiger partial charge in [-0.3, -0.25) is 9.59 Å². The predicted octanol–water partition coefficient (Wildman–Crippen LogP) is 1.78. The summed E-state index contributed by atoms with van der Waals surface area (Å²) >= 11 is 0. The number of methoxy groups -OCH3 is 1. The van der Waals surface area contributed by atoms with Crippen LogP contribution in [0, 0.1) is 0 Å². The molecular weight excluding hydrogens is 381 g/mol. The second-order valence-corrected chi connectivity index (χ2v) is 6.01. The Labute approximate surface area is 158 Å². The Morgan fingerprint density at radius 1 is 1.21 bits per heavy atom. The lowest BCUT2D eigenvalue weighted by molar-refractivity contribution is -0.270. The lowest BCUT2D eigenvalue weighted by atomic mass is 9.97. The molecule has 1 unspecified atom stereocenters. The normalized spacial score (nSPS) is 13.6. The van der Waals surface area contributed by atoms with E-state index < -0.39 is 35.8 Å². The summed E-state index contributed by atoms with van der Waals surface area (Å²) in [5.41, 5.74) is -3.00. The van der Waals surface area contributed by atoms with Crippen LogP contribution >= 0.6 is 0 Å². The van der Waals surface area contributed by atoms with E-state index >= 15 is 0 Å². The van der Waals surface area contributed by atoms with Crippen molar-refractivity contribution in [3.8, 4) is 0 Å². The fourth-order valence-electron chi connectivity index (χ4n) is 2.51. The minimum atomic E-state index is -5.13. The molecule has 1 atom stereocenters. The quantitative estimate of drug-likeness (QED) is 0.657. The number of aromatic nitrogens is 2. The number of imidazole rings is 1. The number of anilines is 2. The third-order valence-corrected chi connectivity index (χ3v) is 3.78. The highest BCUT2D eigenvalue weighted by Crippen LogP contribution is 2.40. The standard InChI is InChI=1S/C17H19F3N4O4/c1-24-7-6-21-15(24)16(27,17(18,19)20)9-13(25)22-11-4-3-5-12(8-11)23-14(26)10-28-2/h3-8,27H,9-10H2,1-2H3,(H,22,25)(H,23,26). The minimum Gasteiger partial charge on any atom is -0.375 e. The van der Waals surface area contributed by atoms with E-state index in [2.05, 4.69) is 20.4 Å². The van der Waals surface area contributed by atoms with Crippen LogP contribution in [0.2, 0.25) is 0 Å². The summed E-state index contributed by atoms with van der Waals surface area (Å²) in [5.74, 6) is -2.22. The molecule has 2 amide bonds. The molecule has 0 saturated heterocycles. The molecule has 1 aromatic carbocycles. The first-order valence-corrected chi connectivity index (χ1v) is 8.02. The smallest absolute Gasteiger partial charge is 0.375 e. The summed E-state index contributed by atoms with van der Waals surface area (Å²) in [6.07, 6.45) is -4.09. The zero-order valence-electron chi connectivity index (χ0n) is 15.1. The van der Waals surface area contributed by atoms with Gasteiger partial charge in [-0.15, -0.1) is 0 Å². The Balaban J connectivity index is 2.16. The van der Waals surface area contributed by atoms with Gasteiger partial charge in [0.15, 0.2) is 5.82 Å². The summed E-state index contributed by atoms with van der Waals surface area (Å²) in [6.45, 7) is -0.182. The molecule has 0 bridgehead atoms. The molecule has 0 fully saturated rings. The molecule has 152 valence electrons. The maximum atomic E-state index is 13.5. The van der Waals surface area contributed by atoms with E-state index in [1.165, 1.54) is 44.6 Å². The molecule has 11 heteroatoms. The van der Waals surface area contributed by atoms with E-state index in [1.807, 2.05) is 0 Å². The first-order chi connectivity index (χ1) is 13.1. The molecule has 0 saturated carbocycles. The summed E-state index contributed by atoms with van der Waals surface area (Å²) in [5, 5.41) is 15.0. The first kappa shape index (κ1) is 21.4. The molecule has 0 aliphatic heterocycles. The van der Waals surface area contributed by atoms with E-state index in [-0.39, 0.29) is 12.3 Å². The number of hydrogen-bond acceptors (Lipinski definition) is 5. The van der Waals surface area contributed by atoms with Gasteiger partial charge in [-0.2, -0.15) is 13.2 Å². The lowest BCUT2D eigenvalue weighted by Crippen LogP contribution is -2.46. The number of aliphatic hydroxyl groups is 1. The number of ether oxygens (including phenoxy) is 1. The average molecular weight is 400 g/mol. The van der Waals surface area contributed by atoms with Crippen molar-refractivity contribution in [2.24, 2.45) is 7.05 Å². The highest BCUT2D eigenvalue weighted by atomic mass is 19.4. The third kappa shape index (κ3) is 4.87. The maximum absolute atomic E-state index is 13.5. The molecule has 0 aliphatic rings. The van der Waals surface area contributed by atoms with Crippen LogP contribution in [0.15, 0.2) is 36.7 Å².